The topological polar surface area (TPSA) is 55.2 Å². The van der Waals surface area contributed by atoms with Gasteiger partial charge in [-0.05, 0) is 36.1 Å². The Labute approximate surface area is 219 Å². The normalized spacial score (nSPS) is 12.1. The number of fused-ring (bicyclic) bond motifs is 1. The molecule has 1 unspecified atom stereocenters. The molecule has 4 aromatic rings. The molecule has 0 radical (unpaired) electrons. The van der Waals surface area contributed by atoms with Crippen molar-refractivity contribution in [3.63, 3.8) is 0 Å². The molecule has 1 atom stereocenters. The number of amides is 1. The Kier molecular flexibility index (Phi) is 8.89. The lowest BCUT2D eigenvalue weighted by Crippen LogP contribution is -2.41. The molecule has 0 fully saturated rings. The molecule has 192 valence electrons. The van der Waals surface area contributed by atoms with Gasteiger partial charge in [0.1, 0.15) is 5.82 Å². The molecule has 37 heavy (non-hydrogen) atoms. The van der Waals surface area contributed by atoms with Gasteiger partial charge in [-0.25, -0.2) is 4.98 Å². The molecule has 0 bridgehead atoms. The van der Waals surface area contributed by atoms with Crippen LogP contribution >= 0.6 is 0 Å². The Bertz CT molecular complexity index is 1330. The van der Waals surface area contributed by atoms with Gasteiger partial charge >= 0.3 is 0 Å². The van der Waals surface area contributed by atoms with E-state index in [1.165, 1.54) is 0 Å². The third kappa shape index (κ3) is 5.82. The van der Waals surface area contributed by atoms with Crippen LogP contribution in [-0.2, 0) is 11.8 Å². The summed E-state index contributed by atoms with van der Waals surface area (Å²) in [6, 6.07) is 27.1. The van der Waals surface area contributed by atoms with E-state index in [2.05, 4.69) is 13.8 Å². The summed E-state index contributed by atoms with van der Waals surface area (Å²) in [5.74, 6) is 0.248. The van der Waals surface area contributed by atoms with Gasteiger partial charge in [0.25, 0.3) is 5.56 Å². The maximum absolute atomic E-state index is 14.6. The molecule has 0 spiro atoms. The maximum atomic E-state index is 14.6. The van der Waals surface area contributed by atoms with Gasteiger partial charge in [-0.2, -0.15) is 0 Å². The number of benzene rings is 3. The first kappa shape index (κ1) is 26.3. The predicted octanol–water partition coefficient (Wildman–Crippen LogP) is 6.63. The van der Waals surface area contributed by atoms with Gasteiger partial charge in [0.15, 0.2) is 0 Å². The number of carbonyl (C=O) groups is 1. The van der Waals surface area contributed by atoms with E-state index in [9.17, 15) is 9.59 Å². The third-order valence-electron chi connectivity index (χ3n) is 7.13. The Hall–Kier alpha value is -3.73. The number of hydrogen-bond donors (Lipinski definition) is 0. The van der Waals surface area contributed by atoms with Crippen LogP contribution in [0.3, 0.4) is 0 Å². The van der Waals surface area contributed by atoms with E-state index in [4.69, 9.17) is 4.98 Å². The molecular formula is C32H37N3O2. The fraction of sp³-hybridized carbons (Fsp3) is 0.344. The van der Waals surface area contributed by atoms with Gasteiger partial charge in [-0.15, -0.1) is 0 Å². The second kappa shape index (κ2) is 12.5. The van der Waals surface area contributed by atoms with E-state index in [-0.39, 0.29) is 17.5 Å². The van der Waals surface area contributed by atoms with Crippen molar-refractivity contribution in [1.29, 1.82) is 0 Å². The molecule has 0 aliphatic carbocycles. The quantitative estimate of drug-likeness (QED) is 0.220. The van der Waals surface area contributed by atoms with Crippen LogP contribution in [0.1, 0.15) is 74.9 Å². The van der Waals surface area contributed by atoms with Crippen LogP contribution in [0.25, 0.3) is 10.9 Å². The van der Waals surface area contributed by atoms with Crippen LogP contribution in [0.2, 0.25) is 0 Å². The molecule has 4 rings (SSSR count). The summed E-state index contributed by atoms with van der Waals surface area (Å²) in [5, 5.41) is 0.593. The number of para-hydroxylation sites is 1. The van der Waals surface area contributed by atoms with Crippen molar-refractivity contribution in [3.8, 4) is 0 Å². The highest BCUT2D eigenvalue weighted by Crippen LogP contribution is 2.32. The summed E-state index contributed by atoms with van der Waals surface area (Å²) in [7, 11) is 1.77. The molecule has 0 N–H and O–H groups in total. The highest BCUT2D eigenvalue weighted by Gasteiger charge is 2.33. The van der Waals surface area contributed by atoms with Crippen molar-refractivity contribution in [2.75, 3.05) is 6.54 Å². The minimum absolute atomic E-state index is 0.0446. The number of rotatable bonds is 11. The van der Waals surface area contributed by atoms with E-state index in [1.807, 2.05) is 89.8 Å². The van der Waals surface area contributed by atoms with Crippen LogP contribution in [0.5, 0.6) is 0 Å². The standard InChI is InChI=1S/C32H37N3O2/c1-4-6-7-16-23-35(28(5-2)30-33-27-22-15-14-21-26(27)31(36)34(30)3)32(37)29(24-17-10-8-11-18-24)25-19-12-9-13-20-25/h8-15,17-22,28-29H,4-7,16,23H2,1-3H3. The van der Waals surface area contributed by atoms with Crippen LogP contribution in [-0.4, -0.2) is 26.9 Å². The van der Waals surface area contributed by atoms with Gasteiger partial charge in [-0.3, -0.25) is 14.2 Å². The number of nitrogens with zero attached hydrogens (tertiary/aromatic N) is 3. The van der Waals surface area contributed by atoms with Crippen LogP contribution < -0.4 is 5.56 Å². The van der Waals surface area contributed by atoms with Gasteiger partial charge < -0.3 is 4.90 Å². The molecule has 3 aromatic carbocycles. The SMILES string of the molecule is CCCCCCN(C(=O)C(c1ccccc1)c1ccccc1)C(CC)c1nc2ccccc2c(=O)n1C. The molecule has 0 aliphatic rings. The van der Waals surface area contributed by atoms with E-state index in [0.29, 0.717) is 29.7 Å². The van der Waals surface area contributed by atoms with Crippen molar-refractivity contribution in [3.05, 3.63) is 112 Å². The summed E-state index contributed by atoms with van der Waals surface area (Å²) >= 11 is 0. The summed E-state index contributed by atoms with van der Waals surface area (Å²) in [5.41, 5.74) is 2.51. The first-order chi connectivity index (χ1) is 18.1. The van der Waals surface area contributed by atoms with Crippen molar-refractivity contribution in [1.82, 2.24) is 14.5 Å². The van der Waals surface area contributed by atoms with Gasteiger partial charge in [0.05, 0.1) is 22.9 Å². The minimum Gasteiger partial charge on any atom is -0.332 e. The zero-order valence-corrected chi connectivity index (χ0v) is 22.1. The smallest absolute Gasteiger partial charge is 0.261 e. The third-order valence-corrected chi connectivity index (χ3v) is 7.13. The Morgan fingerprint density at radius 3 is 2.03 bits per heavy atom. The van der Waals surface area contributed by atoms with Crippen molar-refractivity contribution >= 4 is 16.8 Å². The molecule has 5 heteroatoms. The molecular weight excluding hydrogens is 458 g/mol. The molecule has 1 heterocycles. The fourth-order valence-electron chi connectivity index (χ4n) is 5.14. The monoisotopic (exact) mass is 495 g/mol. The number of hydrogen-bond acceptors (Lipinski definition) is 3. The van der Waals surface area contributed by atoms with Crippen LogP contribution in [0, 0.1) is 0 Å². The predicted molar refractivity (Wildman–Crippen MR) is 151 cm³/mol. The zero-order chi connectivity index (χ0) is 26.2. The highest BCUT2D eigenvalue weighted by atomic mass is 16.2. The minimum atomic E-state index is -0.430. The average Bonchev–Trinajstić information content (AvgIpc) is 2.94. The lowest BCUT2D eigenvalue weighted by molar-refractivity contribution is -0.134. The summed E-state index contributed by atoms with van der Waals surface area (Å²) in [6.07, 6.45) is 4.89. The number of carbonyl (C=O) groups excluding carboxylic acids is 1. The summed E-state index contributed by atoms with van der Waals surface area (Å²) in [6.45, 7) is 4.88. The second-order valence-corrected chi connectivity index (χ2v) is 9.62. The van der Waals surface area contributed by atoms with Gasteiger partial charge in [-0.1, -0.05) is 106 Å². The number of unbranched alkanes of at least 4 members (excludes halogenated alkanes) is 3. The average molecular weight is 496 g/mol. The molecule has 5 nitrogen and oxygen atoms in total. The lowest BCUT2D eigenvalue weighted by Gasteiger charge is -2.35. The summed E-state index contributed by atoms with van der Waals surface area (Å²) < 4.78 is 1.63. The molecule has 1 aromatic heterocycles. The fourth-order valence-corrected chi connectivity index (χ4v) is 5.14. The van der Waals surface area contributed by atoms with Crippen molar-refractivity contribution in [2.45, 2.75) is 57.9 Å². The van der Waals surface area contributed by atoms with E-state index < -0.39 is 5.92 Å². The van der Waals surface area contributed by atoms with Gasteiger partial charge in [0.2, 0.25) is 5.91 Å². The Morgan fingerprint density at radius 1 is 0.838 bits per heavy atom. The Morgan fingerprint density at radius 2 is 1.43 bits per heavy atom. The highest BCUT2D eigenvalue weighted by molar-refractivity contribution is 5.87. The van der Waals surface area contributed by atoms with Crippen LogP contribution in [0.15, 0.2) is 89.7 Å². The van der Waals surface area contributed by atoms with Gasteiger partial charge in [0, 0.05) is 13.6 Å². The second-order valence-electron chi connectivity index (χ2n) is 9.62. The van der Waals surface area contributed by atoms with Crippen molar-refractivity contribution in [2.24, 2.45) is 7.05 Å². The Balaban J connectivity index is 1.82. The molecule has 0 saturated carbocycles. The van der Waals surface area contributed by atoms with Crippen molar-refractivity contribution < 1.29 is 4.79 Å². The first-order valence-corrected chi connectivity index (χ1v) is 13.4. The van der Waals surface area contributed by atoms with Crippen LogP contribution in [0.4, 0.5) is 0 Å². The van der Waals surface area contributed by atoms with E-state index in [0.717, 1.165) is 36.8 Å². The number of aromatic nitrogens is 2. The maximum Gasteiger partial charge on any atom is 0.261 e. The molecule has 1 amide bonds. The molecule has 0 saturated heterocycles. The van der Waals surface area contributed by atoms with E-state index in [1.54, 1.807) is 11.6 Å². The molecule has 0 aliphatic heterocycles. The zero-order valence-electron chi connectivity index (χ0n) is 22.1. The van der Waals surface area contributed by atoms with E-state index >= 15 is 0 Å². The summed E-state index contributed by atoms with van der Waals surface area (Å²) in [4.78, 5) is 34.7. The first-order valence-electron chi connectivity index (χ1n) is 13.4. The lowest BCUT2D eigenvalue weighted by atomic mass is 9.89. The largest absolute Gasteiger partial charge is 0.332 e.